The highest BCUT2D eigenvalue weighted by atomic mass is 32.1. The number of benzene rings is 2. The number of fused-ring (bicyclic) bond motifs is 1. The van der Waals surface area contributed by atoms with Crippen LogP contribution in [0.4, 0.5) is 4.39 Å². The molecule has 0 aliphatic heterocycles. The minimum absolute atomic E-state index is 0.227. The van der Waals surface area contributed by atoms with E-state index in [9.17, 15) is 9.18 Å². The van der Waals surface area contributed by atoms with Crippen molar-refractivity contribution in [1.29, 1.82) is 0 Å². The molecule has 0 atom stereocenters. The number of ether oxygens (including phenoxy) is 2. The Bertz CT molecular complexity index is 1060. The average molecular weight is 370 g/mol. The molecule has 0 saturated heterocycles. The van der Waals surface area contributed by atoms with Gasteiger partial charge in [-0.2, -0.15) is 4.99 Å². The number of amides is 1. The van der Waals surface area contributed by atoms with Crippen LogP contribution in [0.15, 0.2) is 47.5 Å². The highest BCUT2D eigenvalue weighted by Gasteiger charge is 2.10. The van der Waals surface area contributed by atoms with E-state index in [0.29, 0.717) is 21.0 Å². The van der Waals surface area contributed by atoms with Crippen molar-refractivity contribution in [2.75, 3.05) is 13.7 Å². The first-order valence-electron chi connectivity index (χ1n) is 7.68. The number of methoxy groups -OCH3 is 1. The first kappa shape index (κ1) is 17.7. The Kier molecular flexibility index (Phi) is 5.34. The van der Waals surface area contributed by atoms with Crippen molar-refractivity contribution in [3.63, 3.8) is 0 Å². The van der Waals surface area contributed by atoms with Gasteiger partial charge in [0.25, 0.3) is 5.91 Å². The molecule has 2 aromatic carbocycles. The van der Waals surface area contributed by atoms with E-state index in [1.54, 1.807) is 34.9 Å². The third-order valence-electron chi connectivity index (χ3n) is 3.53. The van der Waals surface area contributed by atoms with Crippen LogP contribution in [0.3, 0.4) is 0 Å². The zero-order valence-electron chi connectivity index (χ0n) is 13.9. The number of hydrogen-bond donors (Lipinski definition) is 0. The molecule has 0 saturated carbocycles. The lowest BCUT2D eigenvalue weighted by Gasteiger charge is -2.08. The monoisotopic (exact) mass is 370 g/mol. The molecule has 0 radical (unpaired) electrons. The fourth-order valence-electron chi connectivity index (χ4n) is 2.39. The van der Waals surface area contributed by atoms with Gasteiger partial charge < -0.3 is 14.0 Å². The summed E-state index contributed by atoms with van der Waals surface area (Å²) in [5.74, 6) is 2.66. The summed E-state index contributed by atoms with van der Waals surface area (Å²) in [6.45, 7) is -0.0237. The molecule has 1 amide bonds. The molecule has 1 aromatic heterocycles. The van der Waals surface area contributed by atoms with Crippen molar-refractivity contribution in [2.45, 2.75) is 6.54 Å². The molecule has 0 bridgehead atoms. The second kappa shape index (κ2) is 7.85. The van der Waals surface area contributed by atoms with Crippen LogP contribution in [0.2, 0.25) is 0 Å². The summed E-state index contributed by atoms with van der Waals surface area (Å²) in [6.07, 6.45) is 5.40. The molecule has 0 aliphatic rings. The minimum atomic E-state index is -0.478. The second-order valence-corrected chi connectivity index (χ2v) is 6.24. The van der Waals surface area contributed by atoms with Crippen LogP contribution >= 0.6 is 11.3 Å². The number of para-hydroxylation sites is 2. The molecule has 5 nitrogen and oxygen atoms in total. The number of rotatable bonds is 5. The zero-order valence-corrected chi connectivity index (χ0v) is 14.8. The normalized spacial score (nSPS) is 11.3. The van der Waals surface area contributed by atoms with Gasteiger partial charge in [-0.05, 0) is 30.3 Å². The number of thiazole rings is 1. The average Bonchev–Trinajstić information content (AvgIpc) is 2.96. The highest BCUT2D eigenvalue weighted by molar-refractivity contribution is 7.16. The summed E-state index contributed by atoms with van der Waals surface area (Å²) in [7, 11) is 1.52. The first-order chi connectivity index (χ1) is 12.6. The maximum Gasteiger partial charge on any atom is 0.286 e. The van der Waals surface area contributed by atoms with E-state index in [4.69, 9.17) is 15.9 Å². The SMILES string of the molecule is C#CCn1c(=NC(=O)COc2ccccc2OC)sc2cc(F)ccc21. The quantitative estimate of drug-likeness (QED) is 0.649. The van der Waals surface area contributed by atoms with Gasteiger partial charge >= 0.3 is 0 Å². The van der Waals surface area contributed by atoms with E-state index in [2.05, 4.69) is 10.9 Å². The second-order valence-electron chi connectivity index (χ2n) is 5.23. The molecule has 3 rings (SSSR count). The lowest BCUT2D eigenvalue weighted by molar-refractivity contribution is -0.120. The van der Waals surface area contributed by atoms with Gasteiger partial charge in [0, 0.05) is 0 Å². The highest BCUT2D eigenvalue weighted by Crippen LogP contribution is 2.25. The summed E-state index contributed by atoms with van der Waals surface area (Å²) in [5, 5.41) is 0. The third kappa shape index (κ3) is 3.76. The number of halogens is 1. The van der Waals surface area contributed by atoms with Gasteiger partial charge in [-0.25, -0.2) is 4.39 Å². The predicted octanol–water partition coefficient (Wildman–Crippen LogP) is 2.99. The molecule has 3 aromatic rings. The van der Waals surface area contributed by atoms with Crippen LogP contribution in [0.1, 0.15) is 0 Å². The summed E-state index contributed by atoms with van der Waals surface area (Å²) >= 11 is 1.20. The number of nitrogens with zero attached hydrogens (tertiary/aromatic N) is 2. The molecule has 132 valence electrons. The fourth-order valence-corrected chi connectivity index (χ4v) is 3.46. The van der Waals surface area contributed by atoms with Crippen LogP contribution in [0, 0.1) is 18.2 Å². The topological polar surface area (TPSA) is 52.8 Å². The van der Waals surface area contributed by atoms with Crippen molar-refractivity contribution >= 4 is 27.5 Å². The molecule has 7 heteroatoms. The number of aromatic nitrogens is 1. The number of terminal acetylenes is 1. The maximum absolute atomic E-state index is 13.4. The van der Waals surface area contributed by atoms with Crippen molar-refractivity contribution in [3.05, 3.63) is 53.1 Å². The van der Waals surface area contributed by atoms with Crippen LogP contribution < -0.4 is 14.3 Å². The number of carbonyl (C=O) groups is 1. The Morgan fingerprint density at radius 3 is 2.81 bits per heavy atom. The van der Waals surface area contributed by atoms with Crippen LogP contribution in [0.5, 0.6) is 11.5 Å². The Balaban J connectivity index is 1.88. The molecule has 0 N–H and O–H groups in total. The Morgan fingerprint density at radius 2 is 2.08 bits per heavy atom. The summed E-state index contributed by atoms with van der Waals surface area (Å²) < 4.78 is 26.4. The molecule has 0 spiro atoms. The van der Waals surface area contributed by atoms with Crippen molar-refractivity contribution in [1.82, 2.24) is 4.57 Å². The van der Waals surface area contributed by atoms with E-state index in [1.807, 2.05) is 0 Å². The van der Waals surface area contributed by atoms with E-state index >= 15 is 0 Å². The Hall–Kier alpha value is -3.11. The molecule has 0 unspecified atom stereocenters. The first-order valence-corrected chi connectivity index (χ1v) is 8.49. The standard InChI is InChI=1S/C19H15FN2O3S/c1-3-10-22-14-9-8-13(20)11-17(14)26-19(22)21-18(23)12-25-16-7-5-4-6-15(16)24-2/h1,4-9,11H,10,12H2,2H3. The Morgan fingerprint density at radius 1 is 1.31 bits per heavy atom. The fraction of sp³-hybridized carbons (Fsp3) is 0.158. The van der Waals surface area contributed by atoms with Gasteiger partial charge in [0.15, 0.2) is 22.9 Å². The smallest absolute Gasteiger partial charge is 0.286 e. The molecule has 0 aliphatic carbocycles. The lowest BCUT2D eigenvalue weighted by Crippen LogP contribution is -2.19. The lowest BCUT2D eigenvalue weighted by atomic mass is 10.3. The van der Waals surface area contributed by atoms with Gasteiger partial charge in [0.2, 0.25) is 0 Å². The van der Waals surface area contributed by atoms with Crippen molar-refractivity contribution < 1.29 is 18.7 Å². The van der Waals surface area contributed by atoms with Crippen LogP contribution in [-0.4, -0.2) is 24.2 Å². The van der Waals surface area contributed by atoms with Crippen LogP contribution in [-0.2, 0) is 11.3 Å². The van der Waals surface area contributed by atoms with E-state index < -0.39 is 5.91 Å². The van der Waals surface area contributed by atoms with E-state index in [1.165, 1.54) is 30.6 Å². The van der Waals surface area contributed by atoms with E-state index in [0.717, 1.165) is 5.52 Å². The largest absolute Gasteiger partial charge is 0.493 e. The molecular weight excluding hydrogens is 355 g/mol. The number of carbonyl (C=O) groups excluding carboxylic acids is 1. The molecular formula is C19H15FN2O3S. The molecule has 1 heterocycles. The number of hydrogen-bond acceptors (Lipinski definition) is 4. The summed E-state index contributed by atoms with van der Waals surface area (Å²) in [6, 6.07) is 11.4. The molecule has 0 fully saturated rings. The minimum Gasteiger partial charge on any atom is -0.493 e. The van der Waals surface area contributed by atoms with Gasteiger partial charge in [0.1, 0.15) is 5.82 Å². The van der Waals surface area contributed by atoms with Crippen molar-refractivity contribution in [2.24, 2.45) is 4.99 Å². The van der Waals surface area contributed by atoms with Crippen LogP contribution in [0.25, 0.3) is 10.2 Å². The van der Waals surface area contributed by atoms with Crippen molar-refractivity contribution in [3.8, 4) is 23.8 Å². The predicted molar refractivity (Wildman–Crippen MR) is 97.7 cm³/mol. The molecule has 26 heavy (non-hydrogen) atoms. The summed E-state index contributed by atoms with van der Waals surface area (Å²) in [5.41, 5.74) is 0.728. The summed E-state index contributed by atoms with van der Waals surface area (Å²) in [4.78, 5) is 16.7. The van der Waals surface area contributed by atoms with Gasteiger partial charge in [-0.15, -0.1) is 6.42 Å². The van der Waals surface area contributed by atoms with Gasteiger partial charge in [0.05, 0.1) is 23.9 Å². The maximum atomic E-state index is 13.4. The van der Waals surface area contributed by atoms with E-state index in [-0.39, 0.29) is 19.0 Å². The van der Waals surface area contributed by atoms with Gasteiger partial charge in [-0.3, -0.25) is 4.79 Å². The third-order valence-corrected chi connectivity index (χ3v) is 4.58. The zero-order chi connectivity index (χ0) is 18.5. The Labute approximate surface area is 153 Å². The van der Waals surface area contributed by atoms with Gasteiger partial charge in [-0.1, -0.05) is 29.4 Å².